The maximum absolute atomic E-state index is 13.0. The average Bonchev–Trinajstić information content (AvgIpc) is 3.35. The number of piperazine rings is 1. The second-order valence-electron chi connectivity index (χ2n) is 8.00. The summed E-state index contributed by atoms with van der Waals surface area (Å²) in [6.07, 6.45) is -2.24. The largest absolute Gasteiger partial charge is 0.417 e. The smallest absolute Gasteiger partial charge is 0.338 e. The number of pyridine rings is 1. The Morgan fingerprint density at radius 3 is 2.15 bits per heavy atom. The van der Waals surface area contributed by atoms with Gasteiger partial charge in [-0.25, -0.2) is 9.67 Å². The second kappa shape index (κ2) is 8.88. The molecule has 0 N–H and O–H groups in total. The van der Waals surface area contributed by atoms with Gasteiger partial charge in [-0.2, -0.15) is 18.3 Å². The summed E-state index contributed by atoms with van der Waals surface area (Å²) in [7, 11) is 0. The molecule has 13 heteroatoms. The minimum Gasteiger partial charge on any atom is -0.338 e. The van der Waals surface area contributed by atoms with E-state index in [-0.39, 0.29) is 80.6 Å². The lowest BCUT2D eigenvalue weighted by Crippen LogP contribution is -2.53. The van der Waals surface area contributed by atoms with Crippen molar-refractivity contribution in [3.8, 4) is 5.82 Å². The van der Waals surface area contributed by atoms with E-state index in [1.165, 1.54) is 21.8 Å². The highest BCUT2D eigenvalue weighted by Crippen LogP contribution is 2.29. The molecule has 0 aliphatic carbocycles. The Hall–Kier alpha value is -3.77. The third kappa shape index (κ3) is 4.50. The van der Waals surface area contributed by atoms with E-state index in [2.05, 4.69) is 10.1 Å². The third-order valence-electron chi connectivity index (χ3n) is 5.90. The number of imide groups is 1. The summed E-state index contributed by atoms with van der Waals surface area (Å²) in [5.74, 6) is -1.25. The quantitative estimate of drug-likeness (QED) is 0.608. The highest BCUT2D eigenvalue weighted by molar-refractivity contribution is 6.04. The number of halogens is 3. The maximum Gasteiger partial charge on any atom is 0.417 e. The molecule has 2 aliphatic heterocycles. The highest BCUT2D eigenvalue weighted by atomic mass is 19.4. The van der Waals surface area contributed by atoms with E-state index in [0.29, 0.717) is 11.9 Å². The van der Waals surface area contributed by atoms with Crippen LogP contribution in [-0.2, 0) is 20.6 Å². The zero-order valence-corrected chi connectivity index (χ0v) is 18.2. The van der Waals surface area contributed by atoms with Crippen molar-refractivity contribution in [2.24, 2.45) is 0 Å². The molecule has 2 aromatic rings. The van der Waals surface area contributed by atoms with Gasteiger partial charge in [0.2, 0.25) is 17.7 Å². The third-order valence-corrected chi connectivity index (χ3v) is 5.90. The molecule has 0 saturated carbocycles. The minimum atomic E-state index is -4.51. The number of hydrogen-bond donors (Lipinski definition) is 0. The lowest BCUT2D eigenvalue weighted by molar-refractivity contribution is -0.146. The van der Waals surface area contributed by atoms with Crippen molar-refractivity contribution in [2.75, 3.05) is 32.7 Å². The SMILES string of the molecule is Cc1c(C(=O)N2CCN(C(=O)CN3C(=O)CCC3=O)CC2)cnn1-c1ccc(C(F)(F)F)cn1. The van der Waals surface area contributed by atoms with Crippen LogP contribution in [0.4, 0.5) is 13.2 Å². The summed E-state index contributed by atoms with van der Waals surface area (Å²) >= 11 is 0. The van der Waals surface area contributed by atoms with E-state index in [1.54, 1.807) is 11.8 Å². The summed E-state index contributed by atoms with van der Waals surface area (Å²) < 4.78 is 39.6. The van der Waals surface area contributed by atoms with Crippen LogP contribution in [0.3, 0.4) is 0 Å². The van der Waals surface area contributed by atoms with Crippen LogP contribution >= 0.6 is 0 Å². The molecular weight excluding hydrogens is 457 g/mol. The van der Waals surface area contributed by atoms with Crippen molar-refractivity contribution in [2.45, 2.75) is 25.9 Å². The minimum absolute atomic E-state index is 0.115. The molecule has 0 radical (unpaired) electrons. The number of likely N-dealkylation sites (tertiary alicyclic amines) is 1. The summed E-state index contributed by atoms with van der Waals surface area (Å²) in [5, 5.41) is 4.10. The molecule has 2 aromatic heterocycles. The summed E-state index contributed by atoms with van der Waals surface area (Å²) in [4.78, 5) is 56.7. The predicted molar refractivity (Wildman–Crippen MR) is 110 cm³/mol. The number of aromatic nitrogens is 3. The Morgan fingerprint density at radius 1 is 0.971 bits per heavy atom. The molecule has 4 heterocycles. The maximum atomic E-state index is 13.0. The molecule has 0 aromatic carbocycles. The predicted octanol–water partition coefficient (Wildman–Crippen LogP) is 1.03. The first-order valence-electron chi connectivity index (χ1n) is 10.5. The number of hydrogen-bond acceptors (Lipinski definition) is 6. The van der Waals surface area contributed by atoms with Gasteiger partial charge in [0.1, 0.15) is 6.54 Å². The summed E-state index contributed by atoms with van der Waals surface area (Å²) in [5.41, 5.74) is -0.195. The van der Waals surface area contributed by atoms with Gasteiger partial charge in [-0.3, -0.25) is 24.1 Å². The van der Waals surface area contributed by atoms with Crippen molar-refractivity contribution >= 4 is 23.6 Å². The number of nitrogens with zero attached hydrogens (tertiary/aromatic N) is 6. The van der Waals surface area contributed by atoms with E-state index in [9.17, 15) is 32.3 Å². The Morgan fingerprint density at radius 2 is 1.59 bits per heavy atom. The highest BCUT2D eigenvalue weighted by Gasteiger charge is 2.34. The molecule has 0 unspecified atom stereocenters. The van der Waals surface area contributed by atoms with Crippen LogP contribution in [0.25, 0.3) is 5.82 Å². The van der Waals surface area contributed by atoms with E-state index in [4.69, 9.17) is 0 Å². The Labute approximate surface area is 191 Å². The van der Waals surface area contributed by atoms with Gasteiger partial charge in [0.25, 0.3) is 5.91 Å². The lowest BCUT2D eigenvalue weighted by atomic mass is 10.2. The van der Waals surface area contributed by atoms with Gasteiger partial charge >= 0.3 is 6.18 Å². The molecule has 2 fully saturated rings. The molecular formula is C21H21F3N6O4. The number of rotatable bonds is 4. The van der Waals surface area contributed by atoms with Gasteiger partial charge in [0, 0.05) is 45.2 Å². The van der Waals surface area contributed by atoms with E-state index in [0.717, 1.165) is 11.0 Å². The standard InChI is InChI=1S/C21H21F3N6O4/c1-13-15(11-26-30(13)16-3-2-14(10-25-16)21(22,23)24)20(34)28-8-6-27(7-9-28)19(33)12-29-17(31)4-5-18(29)32/h2-3,10-11H,4-9,12H2,1H3. The van der Waals surface area contributed by atoms with Crippen molar-refractivity contribution < 1.29 is 32.3 Å². The molecule has 2 aliphatic rings. The van der Waals surface area contributed by atoms with Crippen LogP contribution in [0.15, 0.2) is 24.5 Å². The zero-order chi connectivity index (χ0) is 24.6. The fourth-order valence-corrected chi connectivity index (χ4v) is 3.89. The monoisotopic (exact) mass is 478 g/mol. The molecule has 10 nitrogen and oxygen atoms in total. The van der Waals surface area contributed by atoms with Gasteiger partial charge < -0.3 is 9.80 Å². The van der Waals surface area contributed by atoms with Crippen LogP contribution in [0.5, 0.6) is 0 Å². The zero-order valence-electron chi connectivity index (χ0n) is 18.2. The van der Waals surface area contributed by atoms with Crippen LogP contribution in [0, 0.1) is 6.92 Å². The molecule has 0 spiro atoms. The van der Waals surface area contributed by atoms with Crippen LogP contribution in [-0.4, -0.2) is 85.8 Å². The van der Waals surface area contributed by atoms with Gasteiger partial charge in [0.15, 0.2) is 5.82 Å². The van der Waals surface area contributed by atoms with Crippen molar-refractivity contribution in [3.05, 3.63) is 41.3 Å². The van der Waals surface area contributed by atoms with E-state index >= 15 is 0 Å². The first kappa shape index (κ1) is 23.4. The number of carbonyl (C=O) groups is 4. The number of amides is 4. The van der Waals surface area contributed by atoms with Gasteiger partial charge in [-0.05, 0) is 19.1 Å². The Kier molecular flexibility index (Phi) is 6.11. The molecule has 180 valence electrons. The first-order valence-corrected chi connectivity index (χ1v) is 10.5. The average molecular weight is 478 g/mol. The van der Waals surface area contributed by atoms with Gasteiger partial charge in [0.05, 0.1) is 23.0 Å². The molecule has 34 heavy (non-hydrogen) atoms. The number of carbonyl (C=O) groups excluding carboxylic acids is 4. The van der Waals surface area contributed by atoms with E-state index in [1.807, 2.05) is 0 Å². The van der Waals surface area contributed by atoms with Crippen LogP contribution < -0.4 is 0 Å². The molecule has 2 saturated heterocycles. The van der Waals surface area contributed by atoms with Crippen molar-refractivity contribution in [3.63, 3.8) is 0 Å². The van der Waals surface area contributed by atoms with Gasteiger partial charge in [-0.15, -0.1) is 0 Å². The van der Waals surface area contributed by atoms with Crippen molar-refractivity contribution in [1.82, 2.24) is 29.5 Å². The first-order chi connectivity index (χ1) is 16.1. The molecule has 0 atom stereocenters. The molecule has 4 rings (SSSR count). The Balaban J connectivity index is 1.38. The summed E-state index contributed by atoms with van der Waals surface area (Å²) in [6.45, 7) is 2.30. The van der Waals surface area contributed by atoms with E-state index < -0.39 is 11.7 Å². The lowest BCUT2D eigenvalue weighted by Gasteiger charge is -2.35. The van der Waals surface area contributed by atoms with Gasteiger partial charge in [-0.1, -0.05) is 0 Å². The van der Waals surface area contributed by atoms with Crippen LogP contribution in [0.2, 0.25) is 0 Å². The number of alkyl halides is 3. The Bertz CT molecular complexity index is 1120. The fraction of sp³-hybridized carbons (Fsp3) is 0.429. The topological polar surface area (TPSA) is 109 Å². The van der Waals surface area contributed by atoms with Crippen LogP contribution in [0.1, 0.15) is 34.5 Å². The summed E-state index contributed by atoms with van der Waals surface area (Å²) in [6, 6.07) is 2.07. The molecule has 0 bridgehead atoms. The second-order valence-corrected chi connectivity index (χ2v) is 8.00. The normalized spacial score (nSPS) is 17.0. The molecule has 4 amide bonds. The fourth-order valence-electron chi connectivity index (χ4n) is 3.89. The van der Waals surface area contributed by atoms with Crippen molar-refractivity contribution in [1.29, 1.82) is 0 Å².